The van der Waals surface area contributed by atoms with E-state index in [1.807, 2.05) is 67.9 Å². The maximum Gasteiger partial charge on any atom is 0.251 e. The molecule has 2 amide bonds. The van der Waals surface area contributed by atoms with Crippen molar-refractivity contribution in [2.24, 2.45) is 7.05 Å². The first-order chi connectivity index (χ1) is 16.0. The van der Waals surface area contributed by atoms with E-state index in [1.165, 1.54) is 23.1 Å². The van der Waals surface area contributed by atoms with Crippen LogP contribution >= 0.6 is 23.1 Å². The second-order valence-corrected chi connectivity index (χ2v) is 9.00. The van der Waals surface area contributed by atoms with E-state index in [9.17, 15) is 9.59 Å². The Balaban J connectivity index is 1.31. The number of amides is 2. The summed E-state index contributed by atoms with van der Waals surface area (Å²) >= 11 is 2.66. The highest BCUT2D eigenvalue weighted by Crippen LogP contribution is 2.25. The SMILES string of the molecule is C[C@H](NC(=O)c1ccccc1)c1nnc(SCC(=O)Nc2nc(-c3ccccc3)cs2)n1C. The van der Waals surface area contributed by atoms with Crippen molar-refractivity contribution in [2.75, 3.05) is 11.1 Å². The van der Waals surface area contributed by atoms with Crippen LogP contribution in [0.4, 0.5) is 5.13 Å². The Kier molecular flexibility index (Phi) is 7.16. The third-order valence-corrected chi connectivity index (χ3v) is 6.57. The summed E-state index contributed by atoms with van der Waals surface area (Å²) in [6, 6.07) is 18.5. The van der Waals surface area contributed by atoms with Crippen molar-refractivity contribution in [3.8, 4) is 11.3 Å². The van der Waals surface area contributed by atoms with Crippen molar-refractivity contribution in [1.29, 1.82) is 0 Å². The molecule has 8 nitrogen and oxygen atoms in total. The largest absolute Gasteiger partial charge is 0.342 e. The molecular formula is C23H22N6O2S2. The molecule has 0 saturated carbocycles. The lowest BCUT2D eigenvalue weighted by atomic mass is 10.2. The number of nitrogens with zero attached hydrogens (tertiary/aromatic N) is 4. The molecule has 2 heterocycles. The molecule has 0 radical (unpaired) electrons. The molecule has 4 rings (SSSR count). The number of nitrogens with one attached hydrogen (secondary N) is 2. The van der Waals surface area contributed by atoms with Gasteiger partial charge in [-0.1, -0.05) is 60.3 Å². The summed E-state index contributed by atoms with van der Waals surface area (Å²) < 4.78 is 1.78. The van der Waals surface area contributed by atoms with Gasteiger partial charge in [0, 0.05) is 23.6 Å². The van der Waals surface area contributed by atoms with Gasteiger partial charge in [-0.2, -0.15) is 0 Å². The fraction of sp³-hybridized carbons (Fsp3) is 0.174. The minimum Gasteiger partial charge on any atom is -0.342 e. The van der Waals surface area contributed by atoms with Gasteiger partial charge in [-0.05, 0) is 19.1 Å². The summed E-state index contributed by atoms with van der Waals surface area (Å²) in [5, 5.41) is 17.2. The molecule has 0 spiro atoms. The summed E-state index contributed by atoms with van der Waals surface area (Å²) in [6.45, 7) is 1.85. The van der Waals surface area contributed by atoms with E-state index in [0.29, 0.717) is 21.7 Å². The summed E-state index contributed by atoms with van der Waals surface area (Å²) in [4.78, 5) is 29.3. The standard InChI is InChI=1S/C23H22N6O2S2/c1-15(24-21(31)17-11-7-4-8-12-17)20-27-28-23(29(20)2)33-14-19(30)26-22-25-18(13-32-22)16-9-5-3-6-10-16/h3-13,15H,14H2,1-2H3,(H,24,31)(H,25,26,30)/t15-/m0/s1. The predicted molar refractivity (Wildman–Crippen MR) is 130 cm³/mol. The van der Waals surface area contributed by atoms with Gasteiger partial charge in [-0.15, -0.1) is 21.5 Å². The zero-order valence-electron chi connectivity index (χ0n) is 18.1. The van der Waals surface area contributed by atoms with Crippen molar-refractivity contribution in [2.45, 2.75) is 18.1 Å². The molecule has 0 unspecified atom stereocenters. The van der Waals surface area contributed by atoms with Gasteiger partial charge < -0.3 is 15.2 Å². The normalized spacial score (nSPS) is 11.7. The first-order valence-electron chi connectivity index (χ1n) is 10.2. The van der Waals surface area contributed by atoms with Crippen LogP contribution in [0.5, 0.6) is 0 Å². The molecule has 2 N–H and O–H groups in total. The Hall–Kier alpha value is -3.50. The van der Waals surface area contributed by atoms with Gasteiger partial charge in [0.1, 0.15) is 0 Å². The number of benzene rings is 2. The quantitative estimate of drug-likeness (QED) is 0.369. The number of thiazole rings is 1. The van der Waals surface area contributed by atoms with Crippen LogP contribution in [0.15, 0.2) is 71.2 Å². The molecule has 33 heavy (non-hydrogen) atoms. The number of rotatable bonds is 8. The van der Waals surface area contributed by atoms with Crippen LogP contribution in [0.2, 0.25) is 0 Å². The summed E-state index contributed by atoms with van der Waals surface area (Å²) in [7, 11) is 1.81. The van der Waals surface area contributed by atoms with E-state index >= 15 is 0 Å². The summed E-state index contributed by atoms with van der Waals surface area (Å²) in [5.41, 5.74) is 2.41. The molecule has 2 aromatic heterocycles. The Bertz CT molecular complexity index is 1240. The zero-order valence-corrected chi connectivity index (χ0v) is 19.7. The third-order valence-electron chi connectivity index (χ3n) is 4.79. The highest BCUT2D eigenvalue weighted by Gasteiger charge is 2.19. The molecule has 0 bridgehead atoms. The van der Waals surface area contributed by atoms with Gasteiger partial charge in [0.05, 0.1) is 17.5 Å². The van der Waals surface area contributed by atoms with E-state index in [-0.39, 0.29) is 23.6 Å². The fourth-order valence-corrected chi connectivity index (χ4v) is 4.58. The van der Waals surface area contributed by atoms with Crippen LogP contribution in [-0.2, 0) is 11.8 Å². The number of hydrogen-bond donors (Lipinski definition) is 2. The predicted octanol–water partition coefficient (Wildman–Crippen LogP) is 4.16. The van der Waals surface area contributed by atoms with Crippen LogP contribution in [-0.4, -0.2) is 37.3 Å². The molecule has 0 aliphatic heterocycles. The Morgan fingerprint density at radius 3 is 2.48 bits per heavy atom. The van der Waals surface area contributed by atoms with Gasteiger partial charge in [0.25, 0.3) is 5.91 Å². The molecule has 10 heteroatoms. The zero-order chi connectivity index (χ0) is 23.2. The second kappa shape index (κ2) is 10.4. The van der Waals surface area contributed by atoms with E-state index in [1.54, 1.807) is 16.7 Å². The van der Waals surface area contributed by atoms with E-state index in [0.717, 1.165) is 11.3 Å². The topological polar surface area (TPSA) is 102 Å². The van der Waals surface area contributed by atoms with Crippen molar-refractivity contribution >= 4 is 40.0 Å². The molecule has 2 aromatic carbocycles. The average Bonchev–Trinajstić information content (AvgIpc) is 3.45. The average molecular weight is 479 g/mol. The minimum absolute atomic E-state index is 0.164. The van der Waals surface area contributed by atoms with E-state index < -0.39 is 0 Å². The molecule has 0 aliphatic rings. The molecule has 168 valence electrons. The van der Waals surface area contributed by atoms with Crippen molar-refractivity contribution in [3.63, 3.8) is 0 Å². The first-order valence-corrected chi connectivity index (χ1v) is 12.1. The Morgan fingerprint density at radius 1 is 1.06 bits per heavy atom. The van der Waals surface area contributed by atoms with Crippen molar-refractivity contribution in [3.05, 3.63) is 77.4 Å². The van der Waals surface area contributed by atoms with Crippen molar-refractivity contribution in [1.82, 2.24) is 25.1 Å². The molecule has 4 aromatic rings. The number of aromatic nitrogens is 4. The van der Waals surface area contributed by atoms with Crippen molar-refractivity contribution < 1.29 is 9.59 Å². The summed E-state index contributed by atoms with van der Waals surface area (Å²) in [6.07, 6.45) is 0. The van der Waals surface area contributed by atoms with Gasteiger partial charge in [-0.25, -0.2) is 4.98 Å². The number of carbonyl (C=O) groups is 2. The first kappa shape index (κ1) is 22.7. The van der Waals surface area contributed by atoms with Gasteiger partial charge >= 0.3 is 0 Å². The highest BCUT2D eigenvalue weighted by molar-refractivity contribution is 7.99. The Labute approximate surface area is 199 Å². The summed E-state index contributed by atoms with van der Waals surface area (Å²) in [5.74, 6) is 0.410. The van der Waals surface area contributed by atoms with E-state index in [4.69, 9.17) is 0 Å². The van der Waals surface area contributed by atoms with Crippen LogP contribution in [0, 0.1) is 0 Å². The lowest BCUT2D eigenvalue weighted by Gasteiger charge is -2.13. The van der Waals surface area contributed by atoms with Crippen LogP contribution in [0.25, 0.3) is 11.3 Å². The minimum atomic E-state index is -0.342. The van der Waals surface area contributed by atoms with E-state index in [2.05, 4.69) is 25.8 Å². The highest BCUT2D eigenvalue weighted by atomic mass is 32.2. The third kappa shape index (κ3) is 5.65. The lowest BCUT2D eigenvalue weighted by molar-refractivity contribution is -0.113. The smallest absolute Gasteiger partial charge is 0.251 e. The number of thioether (sulfide) groups is 1. The maximum atomic E-state index is 12.4. The monoisotopic (exact) mass is 478 g/mol. The van der Waals surface area contributed by atoms with Gasteiger partial charge in [0.15, 0.2) is 16.1 Å². The molecule has 0 fully saturated rings. The lowest BCUT2D eigenvalue weighted by Crippen LogP contribution is -2.28. The molecule has 0 aliphatic carbocycles. The van der Waals surface area contributed by atoms with Crippen LogP contribution < -0.4 is 10.6 Å². The molecular weight excluding hydrogens is 456 g/mol. The van der Waals surface area contributed by atoms with Gasteiger partial charge in [0.2, 0.25) is 5.91 Å². The second-order valence-electron chi connectivity index (χ2n) is 7.20. The van der Waals surface area contributed by atoms with Gasteiger partial charge in [-0.3, -0.25) is 9.59 Å². The molecule has 0 saturated heterocycles. The van der Waals surface area contributed by atoms with Crippen LogP contribution in [0.3, 0.4) is 0 Å². The number of anilines is 1. The maximum absolute atomic E-state index is 12.4. The Morgan fingerprint density at radius 2 is 1.76 bits per heavy atom. The fourth-order valence-electron chi connectivity index (χ4n) is 3.12. The number of carbonyl (C=O) groups excluding carboxylic acids is 2. The number of hydrogen-bond acceptors (Lipinski definition) is 7. The molecule has 1 atom stereocenters. The van der Waals surface area contributed by atoms with Crippen LogP contribution in [0.1, 0.15) is 29.1 Å².